The van der Waals surface area contributed by atoms with Crippen molar-refractivity contribution < 1.29 is 19.1 Å². The van der Waals surface area contributed by atoms with Crippen LogP contribution >= 0.6 is 0 Å². The van der Waals surface area contributed by atoms with Crippen molar-refractivity contribution in [2.75, 3.05) is 13.1 Å². The number of carbonyl (C=O) groups is 2. The molecule has 2 heterocycles. The number of carbonyl (C=O) groups excluding carboxylic acids is 2. The van der Waals surface area contributed by atoms with Crippen LogP contribution in [0.5, 0.6) is 11.6 Å². The Labute approximate surface area is 156 Å². The Morgan fingerprint density at radius 1 is 1.00 bits per heavy atom. The standard InChI is InChI=1S/C21H18N2O4/c1-14(24)26-17-9-6-16(7-10-17)21(25)23-12-18(13-23)27-20-11-8-15-4-2-3-5-19(15)22-20/h2-11,18H,12-13H2,1H3. The lowest BCUT2D eigenvalue weighted by molar-refractivity contribution is -0.131. The molecule has 4 rings (SSSR count). The summed E-state index contributed by atoms with van der Waals surface area (Å²) in [5.74, 6) is 0.526. The Balaban J connectivity index is 1.34. The maximum Gasteiger partial charge on any atom is 0.308 e. The second kappa shape index (κ2) is 7.07. The fourth-order valence-electron chi connectivity index (χ4n) is 2.98. The molecule has 1 fully saturated rings. The molecule has 6 heteroatoms. The van der Waals surface area contributed by atoms with Gasteiger partial charge in [-0.15, -0.1) is 0 Å². The highest BCUT2D eigenvalue weighted by Crippen LogP contribution is 2.22. The molecule has 0 radical (unpaired) electrons. The summed E-state index contributed by atoms with van der Waals surface area (Å²) in [7, 11) is 0. The molecular formula is C21H18N2O4. The molecule has 2 aromatic carbocycles. The molecule has 3 aromatic rings. The molecule has 1 amide bonds. The van der Waals surface area contributed by atoms with Gasteiger partial charge >= 0.3 is 5.97 Å². The van der Waals surface area contributed by atoms with Crippen LogP contribution < -0.4 is 9.47 Å². The third-order valence-corrected chi connectivity index (χ3v) is 4.36. The van der Waals surface area contributed by atoms with Crippen LogP contribution in [0.1, 0.15) is 17.3 Å². The van der Waals surface area contributed by atoms with Crippen LogP contribution in [0.2, 0.25) is 0 Å². The van der Waals surface area contributed by atoms with E-state index >= 15 is 0 Å². The number of pyridine rings is 1. The van der Waals surface area contributed by atoms with Crippen molar-refractivity contribution in [3.63, 3.8) is 0 Å². The maximum absolute atomic E-state index is 12.5. The van der Waals surface area contributed by atoms with Crippen LogP contribution in [-0.2, 0) is 4.79 Å². The van der Waals surface area contributed by atoms with E-state index in [2.05, 4.69) is 4.98 Å². The number of amides is 1. The van der Waals surface area contributed by atoms with Gasteiger partial charge in [-0.1, -0.05) is 18.2 Å². The number of fused-ring (bicyclic) bond motifs is 1. The van der Waals surface area contributed by atoms with Gasteiger partial charge in [0, 0.05) is 23.9 Å². The summed E-state index contributed by atoms with van der Waals surface area (Å²) < 4.78 is 10.8. The van der Waals surface area contributed by atoms with E-state index < -0.39 is 0 Å². The number of hydrogen-bond donors (Lipinski definition) is 0. The summed E-state index contributed by atoms with van der Waals surface area (Å²) >= 11 is 0. The average molecular weight is 362 g/mol. The van der Waals surface area contributed by atoms with Gasteiger partial charge in [-0.05, 0) is 36.4 Å². The normalized spacial score (nSPS) is 13.9. The number of aromatic nitrogens is 1. The van der Waals surface area contributed by atoms with E-state index in [1.165, 1.54) is 6.92 Å². The lowest BCUT2D eigenvalue weighted by Crippen LogP contribution is -2.56. The second-order valence-electron chi connectivity index (χ2n) is 6.41. The van der Waals surface area contributed by atoms with Crippen LogP contribution in [0, 0.1) is 0 Å². The number of hydrogen-bond acceptors (Lipinski definition) is 5. The van der Waals surface area contributed by atoms with E-state index in [0.29, 0.717) is 30.3 Å². The van der Waals surface area contributed by atoms with Gasteiger partial charge in [0.2, 0.25) is 5.88 Å². The number of rotatable bonds is 4. The Hall–Kier alpha value is -3.41. The molecule has 1 aromatic heterocycles. The molecule has 0 N–H and O–H groups in total. The van der Waals surface area contributed by atoms with Crippen molar-refractivity contribution in [1.82, 2.24) is 9.88 Å². The van der Waals surface area contributed by atoms with Crippen molar-refractivity contribution >= 4 is 22.8 Å². The zero-order chi connectivity index (χ0) is 18.8. The minimum atomic E-state index is -0.390. The molecule has 1 saturated heterocycles. The largest absolute Gasteiger partial charge is 0.471 e. The van der Waals surface area contributed by atoms with E-state index in [1.807, 2.05) is 36.4 Å². The first-order valence-electron chi connectivity index (χ1n) is 8.69. The Bertz CT molecular complexity index is 994. The lowest BCUT2D eigenvalue weighted by atomic mass is 10.1. The van der Waals surface area contributed by atoms with Crippen LogP contribution in [-0.4, -0.2) is 41.0 Å². The highest BCUT2D eigenvalue weighted by molar-refractivity contribution is 5.95. The summed E-state index contributed by atoms with van der Waals surface area (Å²) in [5.41, 5.74) is 1.43. The summed E-state index contributed by atoms with van der Waals surface area (Å²) in [4.78, 5) is 29.6. The second-order valence-corrected chi connectivity index (χ2v) is 6.41. The molecule has 0 bridgehead atoms. The van der Waals surface area contributed by atoms with Gasteiger partial charge in [0.1, 0.15) is 11.9 Å². The van der Waals surface area contributed by atoms with Crippen molar-refractivity contribution in [3.05, 3.63) is 66.2 Å². The smallest absolute Gasteiger partial charge is 0.308 e. The molecule has 0 spiro atoms. The molecule has 0 unspecified atom stereocenters. The molecule has 0 atom stereocenters. The fraction of sp³-hybridized carbons (Fsp3) is 0.190. The Morgan fingerprint density at radius 3 is 2.48 bits per heavy atom. The molecule has 1 aliphatic heterocycles. The third kappa shape index (κ3) is 3.74. The topological polar surface area (TPSA) is 68.7 Å². The number of para-hydroxylation sites is 1. The van der Waals surface area contributed by atoms with Crippen molar-refractivity contribution in [1.29, 1.82) is 0 Å². The van der Waals surface area contributed by atoms with Crippen molar-refractivity contribution in [3.8, 4) is 11.6 Å². The lowest BCUT2D eigenvalue weighted by Gasteiger charge is -2.38. The molecule has 136 valence electrons. The molecule has 6 nitrogen and oxygen atoms in total. The van der Waals surface area contributed by atoms with E-state index in [-0.39, 0.29) is 18.0 Å². The summed E-state index contributed by atoms with van der Waals surface area (Å²) in [6.45, 7) is 2.36. The van der Waals surface area contributed by atoms with Crippen molar-refractivity contribution in [2.45, 2.75) is 13.0 Å². The van der Waals surface area contributed by atoms with Gasteiger partial charge in [0.05, 0.1) is 18.6 Å². The summed E-state index contributed by atoms with van der Waals surface area (Å²) in [6.07, 6.45) is -0.0667. The van der Waals surface area contributed by atoms with Gasteiger partial charge in [-0.25, -0.2) is 4.98 Å². The van der Waals surface area contributed by atoms with E-state index in [9.17, 15) is 9.59 Å². The maximum atomic E-state index is 12.5. The zero-order valence-electron chi connectivity index (χ0n) is 14.8. The van der Waals surface area contributed by atoms with Crippen LogP contribution in [0.15, 0.2) is 60.7 Å². The van der Waals surface area contributed by atoms with E-state index in [1.54, 1.807) is 29.2 Å². The first kappa shape index (κ1) is 17.0. The van der Waals surface area contributed by atoms with Gasteiger partial charge in [0.25, 0.3) is 5.91 Å². The zero-order valence-corrected chi connectivity index (χ0v) is 14.8. The van der Waals surface area contributed by atoms with Gasteiger partial charge in [-0.2, -0.15) is 0 Å². The first-order valence-corrected chi connectivity index (χ1v) is 8.69. The average Bonchev–Trinajstić information content (AvgIpc) is 2.64. The van der Waals surface area contributed by atoms with Gasteiger partial charge in [-0.3, -0.25) is 9.59 Å². The first-order chi connectivity index (χ1) is 13.1. The minimum absolute atomic E-state index is 0.0667. The molecule has 27 heavy (non-hydrogen) atoms. The van der Waals surface area contributed by atoms with Crippen LogP contribution in [0.3, 0.4) is 0 Å². The molecular weight excluding hydrogens is 344 g/mol. The minimum Gasteiger partial charge on any atom is -0.471 e. The predicted molar refractivity (Wildman–Crippen MR) is 99.8 cm³/mol. The summed E-state index contributed by atoms with van der Waals surface area (Å²) in [5, 5.41) is 1.06. The highest BCUT2D eigenvalue weighted by atomic mass is 16.5. The highest BCUT2D eigenvalue weighted by Gasteiger charge is 2.33. The molecule has 0 saturated carbocycles. The van der Waals surface area contributed by atoms with E-state index in [0.717, 1.165) is 10.9 Å². The summed E-state index contributed by atoms with van der Waals surface area (Å²) in [6, 6.07) is 18.2. The van der Waals surface area contributed by atoms with Gasteiger partial charge < -0.3 is 14.4 Å². The quantitative estimate of drug-likeness (QED) is 0.527. The number of likely N-dealkylation sites (tertiary alicyclic amines) is 1. The Morgan fingerprint density at radius 2 is 1.74 bits per heavy atom. The van der Waals surface area contributed by atoms with Crippen LogP contribution in [0.25, 0.3) is 10.9 Å². The third-order valence-electron chi connectivity index (χ3n) is 4.36. The fourth-order valence-corrected chi connectivity index (χ4v) is 2.98. The monoisotopic (exact) mass is 362 g/mol. The predicted octanol–water partition coefficient (Wildman–Crippen LogP) is 3.06. The number of esters is 1. The van der Waals surface area contributed by atoms with Crippen molar-refractivity contribution in [2.24, 2.45) is 0 Å². The number of benzene rings is 2. The SMILES string of the molecule is CC(=O)Oc1ccc(C(=O)N2CC(Oc3ccc4ccccc4n3)C2)cc1. The Kier molecular flexibility index (Phi) is 4.46. The van der Waals surface area contributed by atoms with E-state index in [4.69, 9.17) is 9.47 Å². The molecule has 1 aliphatic rings. The van der Waals surface area contributed by atoms with Crippen LogP contribution in [0.4, 0.5) is 0 Å². The van der Waals surface area contributed by atoms with Gasteiger partial charge in [0.15, 0.2) is 0 Å². The molecule has 0 aliphatic carbocycles. The number of ether oxygens (including phenoxy) is 2. The number of nitrogens with zero attached hydrogens (tertiary/aromatic N) is 2.